The molecule has 1 aliphatic carbocycles. The van der Waals surface area contributed by atoms with Gasteiger partial charge in [-0.05, 0) is 92.0 Å². The average Bonchev–Trinajstić information content (AvgIpc) is 3.11. The third kappa shape index (κ3) is 8.37. The van der Waals surface area contributed by atoms with Crippen LogP contribution in [0, 0.1) is 18.3 Å². The van der Waals surface area contributed by atoms with Crippen molar-refractivity contribution < 1.29 is 5.11 Å². The number of hydrogen-bond donors (Lipinski definition) is 1. The molecule has 1 saturated carbocycles. The Balaban J connectivity index is 0.000000313. The molecule has 1 N–H and O–H groups in total. The molecule has 5 heteroatoms. The number of nitriles is 1. The Kier molecular flexibility index (Phi) is 11.4. The summed E-state index contributed by atoms with van der Waals surface area (Å²) in [6.45, 7) is 7.42. The van der Waals surface area contributed by atoms with Crippen LogP contribution in [0.25, 0.3) is 16.8 Å². The van der Waals surface area contributed by atoms with Gasteiger partial charge < -0.3 is 5.11 Å². The number of benzene rings is 4. The normalized spacial score (nSPS) is 13.3. The quantitative estimate of drug-likeness (QED) is 0.184. The van der Waals surface area contributed by atoms with Gasteiger partial charge in [-0.15, -0.1) is 0 Å². The fourth-order valence-corrected chi connectivity index (χ4v) is 6.66. The second-order valence-corrected chi connectivity index (χ2v) is 13.4. The molecule has 0 unspecified atom stereocenters. The van der Waals surface area contributed by atoms with Gasteiger partial charge in [-0.25, -0.2) is 4.98 Å². The summed E-state index contributed by atoms with van der Waals surface area (Å²) in [5.41, 5.74) is 7.08. The summed E-state index contributed by atoms with van der Waals surface area (Å²) in [4.78, 5) is 18.6. The lowest BCUT2D eigenvalue weighted by Crippen LogP contribution is -2.28. The van der Waals surface area contributed by atoms with Crippen LogP contribution in [0.4, 0.5) is 0 Å². The van der Waals surface area contributed by atoms with E-state index in [2.05, 4.69) is 43.3 Å². The highest BCUT2D eigenvalue weighted by molar-refractivity contribution is 5.70. The smallest absolute Gasteiger partial charge is 0.261 e. The third-order valence-electron chi connectivity index (χ3n) is 9.32. The highest BCUT2D eigenvalue weighted by Crippen LogP contribution is 2.32. The molecule has 5 aromatic rings. The molecule has 0 bridgehead atoms. The van der Waals surface area contributed by atoms with Gasteiger partial charge in [0.2, 0.25) is 0 Å². The minimum Gasteiger partial charge on any atom is -0.386 e. The number of rotatable bonds is 8. The standard InChI is InChI=1S/C31H31N3O2.C12H16/c1-5-8-29-28(19-22-11-13-23(14-12-22)27-10-7-6-9-24(27)20-32)30(35)34(21(2)33-29)26-17-15-25(16-18-26)31(3,4)36;1-3-7-11(8-4-1)12-9-5-2-6-10-12/h6-7,9-18,36H,5,8,19H2,1-4H3;1,3-4,7-8,12H,2,5-6,9-10H2. The predicted octanol–water partition coefficient (Wildman–Crippen LogP) is 9.58. The second kappa shape index (κ2) is 15.9. The number of nitrogens with zero attached hydrogens (tertiary/aromatic N) is 3. The molecule has 5 nitrogen and oxygen atoms in total. The fourth-order valence-electron chi connectivity index (χ4n) is 6.66. The third-order valence-corrected chi connectivity index (χ3v) is 9.32. The number of aromatic nitrogens is 2. The first kappa shape index (κ1) is 34.5. The monoisotopic (exact) mass is 637 g/mol. The van der Waals surface area contributed by atoms with Crippen molar-refractivity contribution in [3.8, 4) is 22.9 Å². The summed E-state index contributed by atoms with van der Waals surface area (Å²) >= 11 is 0. The molecule has 1 aliphatic rings. The Morgan fingerprint density at radius 2 is 1.52 bits per heavy atom. The summed E-state index contributed by atoms with van der Waals surface area (Å²) in [5, 5.41) is 19.7. The molecule has 0 radical (unpaired) electrons. The molecule has 246 valence electrons. The average molecular weight is 638 g/mol. The fraction of sp³-hybridized carbons (Fsp3) is 0.326. The Bertz CT molecular complexity index is 1890. The maximum atomic E-state index is 13.8. The first-order chi connectivity index (χ1) is 23.2. The molecule has 6 rings (SSSR count). The van der Waals surface area contributed by atoms with Crippen molar-refractivity contribution >= 4 is 0 Å². The molecule has 1 heterocycles. The van der Waals surface area contributed by atoms with Crippen LogP contribution in [0.5, 0.6) is 0 Å². The molecule has 0 atom stereocenters. The van der Waals surface area contributed by atoms with Crippen LogP contribution in [-0.2, 0) is 18.4 Å². The van der Waals surface area contributed by atoms with Crippen LogP contribution < -0.4 is 5.56 Å². The Morgan fingerprint density at radius 3 is 2.15 bits per heavy atom. The van der Waals surface area contributed by atoms with Gasteiger partial charge in [-0.2, -0.15) is 5.26 Å². The number of hydrogen-bond acceptors (Lipinski definition) is 4. The molecule has 4 aromatic carbocycles. The van der Waals surface area contributed by atoms with Crippen molar-refractivity contribution in [2.24, 2.45) is 0 Å². The first-order valence-electron chi connectivity index (χ1n) is 17.3. The Labute approximate surface area is 285 Å². The summed E-state index contributed by atoms with van der Waals surface area (Å²) in [5.74, 6) is 1.51. The molecular formula is C43H47N3O2. The molecule has 1 aromatic heterocycles. The highest BCUT2D eigenvalue weighted by Gasteiger charge is 2.19. The number of aliphatic hydroxyl groups is 1. The summed E-state index contributed by atoms with van der Waals surface area (Å²) in [6.07, 6.45) is 9.23. The molecule has 0 amide bonds. The lowest BCUT2D eigenvalue weighted by atomic mass is 9.84. The maximum absolute atomic E-state index is 13.8. The molecule has 0 aliphatic heterocycles. The Hall–Kier alpha value is -4.79. The van der Waals surface area contributed by atoms with Gasteiger partial charge >= 0.3 is 0 Å². The predicted molar refractivity (Wildman–Crippen MR) is 195 cm³/mol. The second-order valence-electron chi connectivity index (χ2n) is 13.4. The van der Waals surface area contributed by atoms with Gasteiger partial charge in [0.25, 0.3) is 5.56 Å². The van der Waals surface area contributed by atoms with Crippen LogP contribution in [0.2, 0.25) is 0 Å². The largest absolute Gasteiger partial charge is 0.386 e. The van der Waals surface area contributed by atoms with Gasteiger partial charge in [-0.3, -0.25) is 9.36 Å². The van der Waals surface area contributed by atoms with Gasteiger partial charge in [0.15, 0.2) is 0 Å². The van der Waals surface area contributed by atoms with Crippen molar-refractivity contribution in [1.82, 2.24) is 9.55 Å². The molecule has 1 fully saturated rings. The van der Waals surface area contributed by atoms with Crippen LogP contribution in [0.1, 0.15) is 105 Å². The zero-order valence-corrected chi connectivity index (χ0v) is 28.7. The zero-order valence-electron chi connectivity index (χ0n) is 28.7. The van der Waals surface area contributed by atoms with E-state index in [1.54, 1.807) is 24.0 Å². The van der Waals surface area contributed by atoms with Gasteiger partial charge in [0.1, 0.15) is 5.82 Å². The molecule has 0 saturated heterocycles. The van der Waals surface area contributed by atoms with Crippen molar-refractivity contribution in [2.45, 2.75) is 90.6 Å². The van der Waals surface area contributed by atoms with E-state index in [1.165, 1.54) is 32.1 Å². The van der Waals surface area contributed by atoms with Crippen LogP contribution >= 0.6 is 0 Å². The van der Waals surface area contributed by atoms with Crippen molar-refractivity contribution in [3.63, 3.8) is 0 Å². The van der Waals surface area contributed by atoms with Crippen molar-refractivity contribution in [2.75, 3.05) is 0 Å². The van der Waals surface area contributed by atoms with E-state index in [0.717, 1.165) is 52.4 Å². The van der Waals surface area contributed by atoms with E-state index in [1.807, 2.05) is 79.7 Å². The first-order valence-corrected chi connectivity index (χ1v) is 17.3. The maximum Gasteiger partial charge on any atom is 0.261 e. The molecular weight excluding hydrogens is 590 g/mol. The summed E-state index contributed by atoms with van der Waals surface area (Å²) < 4.78 is 1.65. The van der Waals surface area contributed by atoms with Crippen LogP contribution in [-0.4, -0.2) is 14.7 Å². The Morgan fingerprint density at radius 1 is 0.875 bits per heavy atom. The van der Waals surface area contributed by atoms with Gasteiger partial charge in [0.05, 0.1) is 28.6 Å². The SMILES string of the molecule is CCCc1nc(C)n(-c2ccc(C(C)(C)O)cc2)c(=O)c1Cc1ccc(-c2ccccc2C#N)cc1.c1ccc(C2CCCCC2)cc1. The lowest BCUT2D eigenvalue weighted by Gasteiger charge is -2.21. The van der Waals surface area contributed by atoms with Crippen molar-refractivity contribution in [1.29, 1.82) is 5.26 Å². The van der Waals surface area contributed by atoms with Crippen molar-refractivity contribution in [3.05, 3.63) is 153 Å². The van der Waals surface area contributed by atoms with E-state index in [9.17, 15) is 15.2 Å². The van der Waals surface area contributed by atoms with E-state index in [-0.39, 0.29) is 5.56 Å². The minimum absolute atomic E-state index is 0.0686. The minimum atomic E-state index is -0.952. The van der Waals surface area contributed by atoms with Crippen LogP contribution in [0.15, 0.2) is 108 Å². The number of aryl methyl sites for hydroxylation is 2. The summed E-state index contributed by atoms with van der Waals surface area (Å²) in [7, 11) is 0. The van der Waals surface area contributed by atoms with E-state index in [0.29, 0.717) is 23.4 Å². The topological polar surface area (TPSA) is 78.9 Å². The van der Waals surface area contributed by atoms with Gasteiger partial charge in [-0.1, -0.05) is 118 Å². The van der Waals surface area contributed by atoms with E-state index >= 15 is 0 Å². The molecule has 0 spiro atoms. The summed E-state index contributed by atoms with van der Waals surface area (Å²) in [6, 6.07) is 36.2. The van der Waals surface area contributed by atoms with Gasteiger partial charge in [0, 0.05) is 12.0 Å². The van der Waals surface area contributed by atoms with E-state index in [4.69, 9.17) is 4.98 Å². The van der Waals surface area contributed by atoms with E-state index < -0.39 is 5.60 Å². The lowest BCUT2D eigenvalue weighted by molar-refractivity contribution is 0.0786. The highest BCUT2D eigenvalue weighted by atomic mass is 16.3. The van der Waals surface area contributed by atoms with Crippen LogP contribution in [0.3, 0.4) is 0 Å². The zero-order chi connectivity index (χ0) is 34.1. The molecule has 48 heavy (non-hydrogen) atoms.